The monoisotopic (exact) mass is 196 g/mol. The van der Waals surface area contributed by atoms with Gasteiger partial charge in [-0.15, -0.1) is 0 Å². The minimum atomic E-state index is -0.180. The lowest BCUT2D eigenvalue weighted by Gasteiger charge is -2.16. The summed E-state index contributed by atoms with van der Waals surface area (Å²) in [6.45, 7) is 7.48. The van der Waals surface area contributed by atoms with Crippen LogP contribution in [0.4, 0.5) is 6.01 Å². The Labute approximate surface area is 83.6 Å². The van der Waals surface area contributed by atoms with E-state index in [1.54, 1.807) is 0 Å². The van der Waals surface area contributed by atoms with Crippen LogP contribution >= 0.6 is 0 Å². The van der Waals surface area contributed by atoms with Gasteiger partial charge in [-0.05, 0) is 20.3 Å². The zero-order valence-electron chi connectivity index (χ0n) is 8.91. The second-order valence-corrected chi connectivity index (χ2v) is 2.99. The van der Waals surface area contributed by atoms with E-state index in [2.05, 4.69) is 4.98 Å². The van der Waals surface area contributed by atoms with Gasteiger partial charge in [0, 0.05) is 13.1 Å². The molecule has 1 aromatic rings. The first-order valence-electron chi connectivity index (χ1n) is 4.96. The van der Waals surface area contributed by atoms with Gasteiger partial charge in [0.1, 0.15) is 6.26 Å². The van der Waals surface area contributed by atoms with Gasteiger partial charge in [-0.2, -0.15) is 4.98 Å². The first-order chi connectivity index (χ1) is 6.72. The molecule has 0 aromatic carbocycles. The highest BCUT2D eigenvalue weighted by molar-refractivity contribution is 5.24. The quantitative estimate of drug-likeness (QED) is 0.731. The molecule has 1 aromatic heterocycles. The van der Waals surface area contributed by atoms with Gasteiger partial charge in [-0.1, -0.05) is 6.92 Å². The largest absolute Gasteiger partial charge is 0.433 e. The molecule has 0 unspecified atom stereocenters. The Morgan fingerprint density at radius 2 is 2.00 bits per heavy atom. The van der Waals surface area contributed by atoms with Crippen molar-refractivity contribution in [2.75, 3.05) is 18.0 Å². The molecule has 0 saturated heterocycles. The maximum absolute atomic E-state index is 11.4. The van der Waals surface area contributed by atoms with Gasteiger partial charge in [0.2, 0.25) is 0 Å². The molecule has 0 aliphatic rings. The number of hydrogen-bond acceptors (Lipinski definition) is 4. The van der Waals surface area contributed by atoms with E-state index in [1.807, 2.05) is 25.7 Å². The third-order valence-electron chi connectivity index (χ3n) is 2.19. The summed E-state index contributed by atoms with van der Waals surface area (Å²) >= 11 is 0. The number of aryl methyl sites for hydroxylation is 1. The summed E-state index contributed by atoms with van der Waals surface area (Å²) in [7, 11) is 0. The molecular weight excluding hydrogens is 180 g/mol. The zero-order valence-corrected chi connectivity index (χ0v) is 8.91. The Kier molecular flexibility index (Phi) is 3.68. The Balaban J connectivity index is 3.01. The Morgan fingerprint density at radius 1 is 1.36 bits per heavy atom. The van der Waals surface area contributed by atoms with E-state index in [-0.39, 0.29) is 5.56 Å². The van der Waals surface area contributed by atoms with Gasteiger partial charge in [-0.25, -0.2) is 0 Å². The van der Waals surface area contributed by atoms with Crippen LogP contribution in [0.15, 0.2) is 15.5 Å². The molecule has 0 spiro atoms. The fourth-order valence-corrected chi connectivity index (χ4v) is 1.23. The van der Waals surface area contributed by atoms with E-state index in [9.17, 15) is 4.79 Å². The van der Waals surface area contributed by atoms with Crippen LogP contribution < -0.4 is 10.5 Å². The maximum Gasteiger partial charge on any atom is 0.300 e. The van der Waals surface area contributed by atoms with Crippen molar-refractivity contribution in [3.8, 4) is 0 Å². The van der Waals surface area contributed by atoms with Crippen LogP contribution in [-0.4, -0.2) is 18.1 Å². The fraction of sp³-hybridized carbons (Fsp3) is 0.600. The molecule has 1 rings (SSSR count). The summed E-state index contributed by atoms with van der Waals surface area (Å²) in [5, 5.41) is 0. The van der Waals surface area contributed by atoms with Crippen molar-refractivity contribution in [1.82, 2.24) is 4.98 Å². The molecule has 78 valence electrons. The summed E-state index contributed by atoms with van der Waals surface area (Å²) in [5.41, 5.74) is 0.446. The summed E-state index contributed by atoms with van der Waals surface area (Å²) < 4.78 is 5.29. The van der Waals surface area contributed by atoms with Gasteiger partial charge in [0.15, 0.2) is 0 Å². The minimum Gasteiger partial charge on any atom is -0.433 e. The average molecular weight is 196 g/mol. The molecule has 0 radical (unpaired) electrons. The highest BCUT2D eigenvalue weighted by atomic mass is 16.4. The van der Waals surface area contributed by atoms with E-state index in [1.165, 1.54) is 6.26 Å². The van der Waals surface area contributed by atoms with Gasteiger partial charge in [-0.3, -0.25) is 4.79 Å². The number of aromatic nitrogens is 1. The number of nitrogens with zero attached hydrogens (tertiary/aromatic N) is 2. The van der Waals surface area contributed by atoms with Crippen LogP contribution in [0.2, 0.25) is 0 Å². The average Bonchev–Trinajstić information content (AvgIpc) is 2.20. The predicted octanol–water partition coefficient (Wildman–Crippen LogP) is 1.44. The molecule has 4 heteroatoms. The van der Waals surface area contributed by atoms with Crippen LogP contribution in [0.3, 0.4) is 0 Å². The zero-order chi connectivity index (χ0) is 10.6. The molecule has 4 nitrogen and oxygen atoms in total. The Bertz CT molecular complexity index is 342. The lowest BCUT2D eigenvalue weighted by atomic mass is 10.3. The van der Waals surface area contributed by atoms with Crippen molar-refractivity contribution in [2.45, 2.75) is 27.2 Å². The summed E-state index contributed by atoms with van der Waals surface area (Å²) in [6, 6.07) is 0.414. The molecule has 0 atom stereocenters. The predicted molar refractivity (Wildman–Crippen MR) is 55.7 cm³/mol. The summed E-state index contributed by atoms with van der Waals surface area (Å²) in [6.07, 6.45) is 2.16. The Hall–Kier alpha value is -1.32. The van der Waals surface area contributed by atoms with Gasteiger partial charge in [0.05, 0.1) is 5.56 Å². The molecule has 0 fully saturated rings. The van der Waals surface area contributed by atoms with Gasteiger partial charge >= 0.3 is 6.01 Å². The first-order valence-corrected chi connectivity index (χ1v) is 4.96. The second kappa shape index (κ2) is 4.79. The third-order valence-corrected chi connectivity index (χ3v) is 2.19. The van der Waals surface area contributed by atoms with E-state index < -0.39 is 0 Å². The van der Waals surface area contributed by atoms with Crippen LogP contribution in [-0.2, 0) is 6.42 Å². The number of anilines is 1. The SMILES string of the molecule is CCc1coc(N(CC)CC)nc1=O. The fourth-order valence-electron chi connectivity index (χ4n) is 1.23. The van der Waals surface area contributed by atoms with Crippen molar-refractivity contribution >= 4 is 6.01 Å². The molecule has 14 heavy (non-hydrogen) atoms. The van der Waals surface area contributed by atoms with Crippen LogP contribution in [0, 0.1) is 0 Å². The standard InChI is InChI=1S/C10H16N2O2/c1-4-8-7-14-10(11-9(8)13)12(5-2)6-3/h7H,4-6H2,1-3H3. The highest BCUT2D eigenvalue weighted by Gasteiger charge is 2.08. The molecule has 1 heterocycles. The highest BCUT2D eigenvalue weighted by Crippen LogP contribution is 2.07. The molecule has 0 N–H and O–H groups in total. The van der Waals surface area contributed by atoms with E-state index in [0.29, 0.717) is 18.0 Å². The second-order valence-electron chi connectivity index (χ2n) is 2.99. The van der Waals surface area contributed by atoms with E-state index in [0.717, 1.165) is 13.1 Å². The number of rotatable bonds is 4. The van der Waals surface area contributed by atoms with Crippen molar-refractivity contribution < 1.29 is 4.42 Å². The lowest BCUT2D eigenvalue weighted by Crippen LogP contribution is -2.26. The molecular formula is C10H16N2O2. The van der Waals surface area contributed by atoms with E-state index >= 15 is 0 Å². The van der Waals surface area contributed by atoms with Crippen molar-refractivity contribution in [3.63, 3.8) is 0 Å². The van der Waals surface area contributed by atoms with Gasteiger partial charge in [0.25, 0.3) is 5.56 Å². The molecule has 0 bridgehead atoms. The molecule has 0 aliphatic heterocycles. The third kappa shape index (κ3) is 2.13. The maximum atomic E-state index is 11.4. The molecule has 0 saturated carbocycles. The van der Waals surface area contributed by atoms with Crippen LogP contribution in [0.1, 0.15) is 26.3 Å². The summed E-state index contributed by atoms with van der Waals surface area (Å²) in [5.74, 6) is 0. The van der Waals surface area contributed by atoms with Crippen molar-refractivity contribution in [3.05, 3.63) is 22.2 Å². The molecule has 0 amide bonds. The van der Waals surface area contributed by atoms with Crippen molar-refractivity contribution in [1.29, 1.82) is 0 Å². The van der Waals surface area contributed by atoms with Crippen molar-refractivity contribution in [2.24, 2.45) is 0 Å². The normalized spacial score (nSPS) is 10.2. The summed E-state index contributed by atoms with van der Waals surface area (Å²) in [4.78, 5) is 17.2. The first kappa shape index (κ1) is 10.8. The smallest absolute Gasteiger partial charge is 0.300 e. The topological polar surface area (TPSA) is 46.3 Å². The van der Waals surface area contributed by atoms with Crippen LogP contribution in [0.25, 0.3) is 0 Å². The van der Waals surface area contributed by atoms with E-state index in [4.69, 9.17) is 4.42 Å². The lowest BCUT2D eigenvalue weighted by molar-refractivity contribution is 0.502. The van der Waals surface area contributed by atoms with Gasteiger partial charge < -0.3 is 9.32 Å². The minimum absolute atomic E-state index is 0.180. The number of hydrogen-bond donors (Lipinski definition) is 0. The van der Waals surface area contributed by atoms with Crippen LogP contribution in [0.5, 0.6) is 0 Å². The molecule has 0 aliphatic carbocycles. The Morgan fingerprint density at radius 3 is 2.43 bits per heavy atom.